The van der Waals surface area contributed by atoms with E-state index in [9.17, 15) is 21.6 Å². The van der Waals surface area contributed by atoms with Gasteiger partial charge in [-0.2, -0.15) is 17.2 Å². The zero-order valence-electron chi connectivity index (χ0n) is 5.81. The second-order valence-corrected chi connectivity index (χ2v) is 3.93. The molecule has 0 atom stereocenters. The molecule has 7 heteroatoms. The molecule has 0 radical (unpaired) electrons. The van der Waals surface area contributed by atoms with Gasteiger partial charge in [-0.3, -0.25) is 4.55 Å². The van der Waals surface area contributed by atoms with Gasteiger partial charge < -0.3 is 0 Å². The van der Waals surface area contributed by atoms with Crippen molar-refractivity contribution in [2.75, 3.05) is 0 Å². The highest BCUT2D eigenvalue weighted by Gasteiger charge is 2.58. The van der Waals surface area contributed by atoms with Gasteiger partial charge in [0.25, 0.3) is 0 Å². The van der Waals surface area contributed by atoms with Gasteiger partial charge in [-0.15, -0.1) is 0 Å². The maximum Gasteiger partial charge on any atom is 0.402 e. The van der Waals surface area contributed by atoms with Gasteiger partial charge in [0, 0.05) is 0 Å². The Morgan fingerprint density at radius 3 is 1.45 bits per heavy atom. The highest BCUT2D eigenvalue weighted by molar-refractivity contribution is 7.87. The van der Waals surface area contributed by atoms with Gasteiger partial charge in [-0.25, -0.2) is 4.39 Å². The second kappa shape index (κ2) is 2.34. The molecule has 0 amide bonds. The Kier molecular flexibility index (Phi) is 2.28. The van der Waals surface area contributed by atoms with Crippen molar-refractivity contribution in [2.45, 2.75) is 24.8 Å². The Morgan fingerprint density at radius 2 is 1.45 bits per heavy atom. The quantitative estimate of drug-likeness (QED) is 0.669. The van der Waals surface area contributed by atoms with E-state index in [-0.39, 0.29) is 0 Å². The van der Waals surface area contributed by atoms with Crippen molar-refractivity contribution < 1.29 is 26.1 Å². The first kappa shape index (κ1) is 10.7. The van der Waals surface area contributed by atoms with Crippen molar-refractivity contribution in [1.82, 2.24) is 0 Å². The van der Waals surface area contributed by atoms with Gasteiger partial charge in [-0.05, 0) is 13.8 Å². The molecule has 0 unspecified atom stereocenters. The van der Waals surface area contributed by atoms with E-state index in [1.807, 2.05) is 0 Å². The van der Waals surface area contributed by atoms with Gasteiger partial charge in [0.1, 0.15) is 0 Å². The monoisotopic (exact) mass is 192 g/mol. The molecular formula is C4H7F3O3S. The summed E-state index contributed by atoms with van der Waals surface area (Å²) in [5, 5.41) is -4.76. The first-order valence-electron chi connectivity index (χ1n) is 2.54. The number of rotatable bonds is 2. The van der Waals surface area contributed by atoms with Crippen LogP contribution in [0.3, 0.4) is 0 Å². The molecule has 11 heavy (non-hydrogen) atoms. The molecule has 0 bridgehead atoms. The van der Waals surface area contributed by atoms with Crippen LogP contribution >= 0.6 is 0 Å². The molecule has 1 N–H and O–H groups in total. The maximum atomic E-state index is 12.4. The molecule has 0 aromatic rings. The van der Waals surface area contributed by atoms with Crippen molar-refractivity contribution in [2.24, 2.45) is 0 Å². The smallest absolute Gasteiger partial charge is 0.281 e. The molecule has 0 aromatic heterocycles. The average molecular weight is 192 g/mol. The molecule has 0 spiro atoms. The van der Waals surface area contributed by atoms with Crippen molar-refractivity contribution in [1.29, 1.82) is 0 Å². The average Bonchev–Trinajstić information content (AvgIpc) is 1.58. The Bertz CT molecular complexity index is 238. The molecule has 0 aromatic carbocycles. The lowest BCUT2D eigenvalue weighted by Crippen LogP contribution is -2.45. The molecule has 0 saturated carbocycles. The van der Waals surface area contributed by atoms with Crippen LogP contribution in [0.5, 0.6) is 0 Å². The minimum absolute atomic E-state index is 0.362. The second-order valence-electron chi connectivity index (χ2n) is 2.46. The van der Waals surface area contributed by atoms with Crippen molar-refractivity contribution in [3.8, 4) is 0 Å². The van der Waals surface area contributed by atoms with Crippen LogP contribution in [-0.2, 0) is 10.1 Å². The van der Waals surface area contributed by atoms with E-state index in [4.69, 9.17) is 4.55 Å². The Morgan fingerprint density at radius 1 is 1.18 bits per heavy atom. The SMILES string of the molecule is CC(C)(F)C(F)(F)S(=O)(=O)O. The zero-order chi connectivity index (χ0) is 9.50. The molecule has 0 heterocycles. The van der Waals surface area contributed by atoms with Crippen LogP contribution in [0.4, 0.5) is 13.2 Å². The number of hydrogen-bond donors (Lipinski definition) is 1. The molecule has 3 nitrogen and oxygen atoms in total. The molecule has 0 rings (SSSR count). The normalized spacial score (nSPS) is 15.1. The molecule has 68 valence electrons. The Labute approximate surface area is 62.0 Å². The van der Waals surface area contributed by atoms with E-state index in [1.165, 1.54) is 0 Å². The minimum atomic E-state index is -5.67. The largest absolute Gasteiger partial charge is 0.402 e. The van der Waals surface area contributed by atoms with Crippen molar-refractivity contribution in [3.63, 3.8) is 0 Å². The maximum absolute atomic E-state index is 12.4. The van der Waals surface area contributed by atoms with E-state index in [1.54, 1.807) is 0 Å². The predicted molar refractivity (Wildman–Crippen MR) is 31.7 cm³/mol. The van der Waals surface area contributed by atoms with E-state index < -0.39 is 21.0 Å². The highest BCUT2D eigenvalue weighted by Crippen LogP contribution is 2.35. The lowest BCUT2D eigenvalue weighted by atomic mass is 10.2. The van der Waals surface area contributed by atoms with Gasteiger partial charge in [0.15, 0.2) is 5.67 Å². The van der Waals surface area contributed by atoms with Crippen LogP contribution in [0.15, 0.2) is 0 Å². The Balaban J connectivity index is 5.08. The summed E-state index contributed by atoms with van der Waals surface area (Å²) in [7, 11) is -5.67. The fraction of sp³-hybridized carbons (Fsp3) is 1.00. The fourth-order valence-corrected chi connectivity index (χ4v) is 0.920. The molecule has 0 aliphatic carbocycles. The third-order valence-electron chi connectivity index (χ3n) is 1.02. The lowest BCUT2D eigenvalue weighted by molar-refractivity contribution is -0.0551. The summed E-state index contributed by atoms with van der Waals surface area (Å²) in [6, 6.07) is 0. The van der Waals surface area contributed by atoms with Crippen LogP contribution < -0.4 is 0 Å². The van der Waals surface area contributed by atoms with Crippen LogP contribution in [0.2, 0.25) is 0 Å². The first-order valence-corrected chi connectivity index (χ1v) is 3.98. The topological polar surface area (TPSA) is 54.4 Å². The van der Waals surface area contributed by atoms with Crippen LogP contribution in [-0.4, -0.2) is 23.9 Å². The van der Waals surface area contributed by atoms with Crippen molar-refractivity contribution in [3.05, 3.63) is 0 Å². The van der Waals surface area contributed by atoms with Gasteiger partial charge in [0.05, 0.1) is 0 Å². The van der Waals surface area contributed by atoms with E-state index >= 15 is 0 Å². The third kappa shape index (κ3) is 1.84. The summed E-state index contributed by atoms with van der Waals surface area (Å²) in [4.78, 5) is 0. The van der Waals surface area contributed by atoms with E-state index in [2.05, 4.69) is 0 Å². The minimum Gasteiger partial charge on any atom is -0.281 e. The van der Waals surface area contributed by atoms with Crippen molar-refractivity contribution >= 4 is 10.1 Å². The molecule has 0 fully saturated rings. The van der Waals surface area contributed by atoms with Gasteiger partial charge >= 0.3 is 15.4 Å². The number of halogens is 3. The van der Waals surface area contributed by atoms with Crippen LogP contribution in [0, 0.1) is 0 Å². The van der Waals surface area contributed by atoms with E-state index in [0.29, 0.717) is 13.8 Å². The first-order chi connectivity index (χ1) is 4.50. The lowest BCUT2D eigenvalue weighted by Gasteiger charge is -2.22. The summed E-state index contributed by atoms with van der Waals surface area (Å²) in [5.74, 6) is 0. The zero-order valence-corrected chi connectivity index (χ0v) is 6.62. The highest BCUT2D eigenvalue weighted by atomic mass is 32.2. The summed E-state index contributed by atoms with van der Waals surface area (Å²) in [6.07, 6.45) is 0. The number of hydrogen-bond acceptors (Lipinski definition) is 2. The summed E-state index contributed by atoms with van der Waals surface area (Å²) < 4.78 is 64.4. The van der Waals surface area contributed by atoms with Crippen LogP contribution in [0.1, 0.15) is 13.8 Å². The summed E-state index contributed by atoms with van der Waals surface area (Å²) >= 11 is 0. The summed E-state index contributed by atoms with van der Waals surface area (Å²) in [5.41, 5.74) is -3.29. The number of alkyl halides is 3. The fourth-order valence-electron chi connectivity index (χ4n) is 0.307. The molecular weight excluding hydrogens is 185 g/mol. The van der Waals surface area contributed by atoms with E-state index in [0.717, 1.165) is 0 Å². The Hall–Kier alpha value is -0.300. The standard InChI is InChI=1S/C4H7F3O3S/c1-3(2,5)4(6,7)11(8,9)10/h1-2H3,(H,8,9,10). The molecule has 0 saturated heterocycles. The van der Waals surface area contributed by atoms with Gasteiger partial charge in [0.2, 0.25) is 0 Å². The summed E-state index contributed by atoms with van der Waals surface area (Å²) in [6.45, 7) is 0.724. The van der Waals surface area contributed by atoms with Crippen LogP contribution in [0.25, 0.3) is 0 Å². The van der Waals surface area contributed by atoms with Gasteiger partial charge in [-0.1, -0.05) is 0 Å². The predicted octanol–water partition coefficient (Wildman–Crippen LogP) is 1.22. The third-order valence-corrected chi connectivity index (χ3v) is 2.15. The molecule has 0 aliphatic heterocycles. The molecule has 0 aliphatic rings.